The molecule has 34 heavy (non-hydrogen) atoms. The molecule has 2 heterocycles. The second-order valence-corrected chi connectivity index (χ2v) is 8.33. The first kappa shape index (κ1) is 21.8. The highest BCUT2D eigenvalue weighted by molar-refractivity contribution is 5.91. The van der Waals surface area contributed by atoms with E-state index in [9.17, 15) is 4.79 Å². The fourth-order valence-electron chi connectivity index (χ4n) is 4.23. The van der Waals surface area contributed by atoms with Gasteiger partial charge in [0.15, 0.2) is 0 Å². The summed E-state index contributed by atoms with van der Waals surface area (Å²) in [6.07, 6.45) is 0.949. The molecule has 0 aliphatic carbocycles. The van der Waals surface area contributed by atoms with Crippen LogP contribution in [-0.2, 0) is 17.8 Å². The van der Waals surface area contributed by atoms with Crippen molar-refractivity contribution in [2.75, 3.05) is 25.5 Å². The summed E-state index contributed by atoms with van der Waals surface area (Å²) in [5.41, 5.74) is 6.02. The number of aromatic nitrogens is 2. The summed E-state index contributed by atoms with van der Waals surface area (Å²) >= 11 is 0. The van der Waals surface area contributed by atoms with Crippen molar-refractivity contribution in [3.8, 4) is 28.3 Å². The van der Waals surface area contributed by atoms with Gasteiger partial charge < -0.3 is 4.74 Å². The molecule has 0 unspecified atom stereocenters. The predicted octanol–water partition coefficient (Wildman–Crippen LogP) is 4.82. The molecule has 1 amide bonds. The van der Waals surface area contributed by atoms with E-state index in [1.54, 1.807) is 7.11 Å². The maximum absolute atomic E-state index is 12.9. The highest BCUT2D eigenvalue weighted by atomic mass is 16.5. The number of carbonyl (C=O) groups is 1. The lowest BCUT2D eigenvalue weighted by Crippen LogP contribution is -2.37. The standard InChI is InChI=1S/C28H26N4O2/c1-34-24-13-11-22(12-14-24)26-17-25(21-8-3-2-4-9-21)29-28(30-26)31-27(33)19-32-16-15-20-7-5-6-10-23(20)18-32/h2-14,17H,15-16,18-19H2,1H3,(H,29,30,31,33). The lowest BCUT2D eigenvalue weighted by Gasteiger charge is -2.27. The fraction of sp³-hybridized carbons (Fsp3) is 0.179. The molecule has 0 spiro atoms. The van der Waals surface area contributed by atoms with Gasteiger partial charge in [-0.2, -0.15) is 0 Å². The van der Waals surface area contributed by atoms with Crippen LogP contribution in [0.15, 0.2) is 84.9 Å². The number of anilines is 1. The second kappa shape index (κ2) is 9.85. The molecule has 0 saturated heterocycles. The Labute approximate surface area is 199 Å². The molecule has 1 N–H and O–H groups in total. The van der Waals surface area contributed by atoms with Gasteiger partial charge in [-0.15, -0.1) is 0 Å². The molecular formula is C28H26N4O2. The number of amides is 1. The highest BCUT2D eigenvalue weighted by Gasteiger charge is 2.19. The van der Waals surface area contributed by atoms with E-state index in [1.165, 1.54) is 11.1 Å². The molecule has 0 radical (unpaired) electrons. The second-order valence-electron chi connectivity index (χ2n) is 8.33. The van der Waals surface area contributed by atoms with E-state index in [0.717, 1.165) is 47.8 Å². The number of fused-ring (bicyclic) bond motifs is 1. The minimum Gasteiger partial charge on any atom is -0.497 e. The molecule has 3 aromatic carbocycles. The lowest BCUT2D eigenvalue weighted by molar-refractivity contribution is -0.117. The monoisotopic (exact) mass is 450 g/mol. The van der Waals surface area contributed by atoms with E-state index in [4.69, 9.17) is 4.74 Å². The average Bonchev–Trinajstić information content (AvgIpc) is 2.89. The van der Waals surface area contributed by atoms with Crippen molar-refractivity contribution in [2.24, 2.45) is 0 Å². The van der Waals surface area contributed by atoms with Gasteiger partial charge in [-0.05, 0) is 47.9 Å². The summed E-state index contributed by atoms with van der Waals surface area (Å²) in [6, 6.07) is 27.9. The van der Waals surface area contributed by atoms with E-state index in [-0.39, 0.29) is 5.91 Å². The number of nitrogens with zero attached hydrogens (tertiary/aromatic N) is 3. The molecule has 0 atom stereocenters. The van der Waals surface area contributed by atoms with E-state index < -0.39 is 0 Å². The van der Waals surface area contributed by atoms with E-state index in [1.807, 2.05) is 66.7 Å². The summed E-state index contributed by atoms with van der Waals surface area (Å²) in [5.74, 6) is 0.956. The Kier molecular flexibility index (Phi) is 6.31. The van der Waals surface area contributed by atoms with Crippen LogP contribution in [0, 0.1) is 0 Å². The molecule has 1 aromatic heterocycles. The number of methoxy groups -OCH3 is 1. The fourth-order valence-corrected chi connectivity index (χ4v) is 4.23. The first-order valence-electron chi connectivity index (χ1n) is 11.4. The van der Waals surface area contributed by atoms with Crippen molar-refractivity contribution in [1.29, 1.82) is 0 Å². The molecular weight excluding hydrogens is 424 g/mol. The van der Waals surface area contributed by atoms with E-state index in [2.05, 4.69) is 38.4 Å². The van der Waals surface area contributed by atoms with Crippen LogP contribution in [0.1, 0.15) is 11.1 Å². The van der Waals surface area contributed by atoms with Crippen LogP contribution in [0.4, 0.5) is 5.95 Å². The number of ether oxygens (including phenoxy) is 1. The highest BCUT2D eigenvalue weighted by Crippen LogP contribution is 2.26. The smallest absolute Gasteiger partial charge is 0.240 e. The SMILES string of the molecule is COc1ccc(-c2cc(-c3ccccc3)nc(NC(=O)CN3CCc4ccccc4C3)n2)cc1. The first-order valence-corrected chi connectivity index (χ1v) is 11.4. The Hall–Kier alpha value is -4.03. The molecule has 4 aromatic rings. The van der Waals surface area contributed by atoms with Gasteiger partial charge in [0.1, 0.15) is 5.75 Å². The summed E-state index contributed by atoms with van der Waals surface area (Å²) in [6.45, 7) is 1.92. The zero-order valence-electron chi connectivity index (χ0n) is 19.1. The average molecular weight is 451 g/mol. The third-order valence-electron chi connectivity index (χ3n) is 6.01. The molecule has 170 valence electrons. The maximum atomic E-state index is 12.9. The van der Waals surface area contributed by atoms with Crippen LogP contribution in [0.2, 0.25) is 0 Å². The Morgan fingerprint density at radius 3 is 2.24 bits per heavy atom. The van der Waals surface area contributed by atoms with Crippen molar-refractivity contribution in [1.82, 2.24) is 14.9 Å². The van der Waals surface area contributed by atoms with Crippen LogP contribution >= 0.6 is 0 Å². The number of carbonyl (C=O) groups excluding carboxylic acids is 1. The van der Waals surface area contributed by atoms with Gasteiger partial charge in [0, 0.05) is 24.2 Å². The molecule has 0 bridgehead atoms. The topological polar surface area (TPSA) is 67.3 Å². The number of benzene rings is 3. The minimum atomic E-state index is -0.120. The number of hydrogen-bond donors (Lipinski definition) is 1. The van der Waals surface area contributed by atoms with Crippen molar-refractivity contribution in [3.05, 3.63) is 96.1 Å². The van der Waals surface area contributed by atoms with Crippen molar-refractivity contribution >= 4 is 11.9 Å². The van der Waals surface area contributed by atoms with Gasteiger partial charge in [0.05, 0.1) is 25.0 Å². The van der Waals surface area contributed by atoms with Gasteiger partial charge in [-0.1, -0.05) is 54.6 Å². The Morgan fingerprint density at radius 1 is 0.882 bits per heavy atom. The molecule has 0 fully saturated rings. The van der Waals surface area contributed by atoms with Crippen molar-refractivity contribution < 1.29 is 9.53 Å². The van der Waals surface area contributed by atoms with Gasteiger partial charge in [-0.25, -0.2) is 9.97 Å². The molecule has 6 heteroatoms. The van der Waals surface area contributed by atoms with Crippen LogP contribution in [0.3, 0.4) is 0 Å². The third kappa shape index (κ3) is 4.97. The van der Waals surface area contributed by atoms with Gasteiger partial charge in [0.25, 0.3) is 0 Å². The number of hydrogen-bond acceptors (Lipinski definition) is 5. The van der Waals surface area contributed by atoms with Crippen LogP contribution in [0.25, 0.3) is 22.5 Å². The molecule has 5 rings (SSSR count). The summed E-state index contributed by atoms with van der Waals surface area (Å²) in [4.78, 5) is 24.4. The normalized spacial score (nSPS) is 13.2. The minimum absolute atomic E-state index is 0.120. The largest absolute Gasteiger partial charge is 0.497 e. The van der Waals surface area contributed by atoms with Crippen LogP contribution in [0.5, 0.6) is 5.75 Å². The van der Waals surface area contributed by atoms with Gasteiger partial charge in [-0.3, -0.25) is 15.0 Å². The van der Waals surface area contributed by atoms with E-state index >= 15 is 0 Å². The third-order valence-corrected chi connectivity index (χ3v) is 6.01. The van der Waals surface area contributed by atoms with Crippen LogP contribution in [-0.4, -0.2) is 41.0 Å². The predicted molar refractivity (Wildman–Crippen MR) is 134 cm³/mol. The summed E-state index contributed by atoms with van der Waals surface area (Å²) in [7, 11) is 1.64. The first-order chi connectivity index (χ1) is 16.7. The van der Waals surface area contributed by atoms with Gasteiger partial charge >= 0.3 is 0 Å². The zero-order chi connectivity index (χ0) is 23.3. The Bertz CT molecular complexity index is 1290. The zero-order valence-corrected chi connectivity index (χ0v) is 19.1. The van der Waals surface area contributed by atoms with Crippen LogP contribution < -0.4 is 10.1 Å². The van der Waals surface area contributed by atoms with E-state index in [0.29, 0.717) is 12.5 Å². The van der Waals surface area contributed by atoms with Crippen molar-refractivity contribution in [2.45, 2.75) is 13.0 Å². The van der Waals surface area contributed by atoms with Crippen molar-refractivity contribution in [3.63, 3.8) is 0 Å². The summed E-state index contributed by atoms with van der Waals surface area (Å²) < 4.78 is 5.27. The molecule has 0 saturated carbocycles. The Morgan fingerprint density at radius 2 is 1.53 bits per heavy atom. The maximum Gasteiger partial charge on any atom is 0.240 e. The Balaban J connectivity index is 1.38. The number of rotatable bonds is 6. The molecule has 1 aliphatic rings. The number of nitrogens with one attached hydrogen (secondary N) is 1. The molecule has 1 aliphatic heterocycles. The van der Waals surface area contributed by atoms with Gasteiger partial charge in [0.2, 0.25) is 11.9 Å². The lowest BCUT2D eigenvalue weighted by atomic mass is 10.00. The quantitative estimate of drug-likeness (QED) is 0.456. The molecule has 6 nitrogen and oxygen atoms in total. The summed E-state index contributed by atoms with van der Waals surface area (Å²) in [5, 5.41) is 2.93.